The van der Waals surface area contributed by atoms with Crippen molar-refractivity contribution in [2.24, 2.45) is 0 Å². The van der Waals surface area contributed by atoms with Crippen LogP contribution in [0.25, 0.3) is 0 Å². The fourth-order valence-corrected chi connectivity index (χ4v) is 2.61. The molecule has 1 heterocycles. The SMILES string of the molecule is COc1cccc(C2CCc3noc(N)c3C2)c1. The Hall–Kier alpha value is -1.97. The molecule has 4 nitrogen and oxygen atoms in total. The lowest BCUT2D eigenvalue weighted by atomic mass is 9.83. The summed E-state index contributed by atoms with van der Waals surface area (Å²) in [5.41, 5.74) is 9.19. The van der Waals surface area contributed by atoms with Gasteiger partial charge in [0.1, 0.15) is 5.75 Å². The lowest BCUT2D eigenvalue weighted by molar-refractivity contribution is 0.413. The van der Waals surface area contributed by atoms with E-state index in [0.717, 1.165) is 36.3 Å². The summed E-state index contributed by atoms with van der Waals surface area (Å²) in [4.78, 5) is 0. The van der Waals surface area contributed by atoms with Gasteiger partial charge in [-0.2, -0.15) is 0 Å². The first-order valence-corrected chi connectivity index (χ1v) is 6.14. The van der Waals surface area contributed by atoms with Crippen molar-refractivity contribution < 1.29 is 9.26 Å². The van der Waals surface area contributed by atoms with Crippen molar-refractivity contribution in [2.75, 3.05) is 12.8 Å². The van der Waals surface area contributed by atoms with Crippen LogP contribution in [0.15, 0.2) is 28.8 Å². The van der Waals surface area contributed by atoms with Gasteiger partial charge in [-0.05, 0) is 42.9 Å². The van der Waals surface area contributed by atoms with Crippen LogP contribution in [0.1, 0.15) is 29.2 Å². The van der Waals surface area contributed by atoms with E-state index in [1.165, 1.54) is 5.56 Å². The number of aryl methyl sites for hydroxylation is 1. The number of fused-ring (bicyclic) bond motifs is 1. The predicted octanol–water partition coefficient (Wildman–Crippen LogP) is 2.54. The summed E-state index contributed by atoms with van der Waals surface area (Å²) in [6, 6.07) is 8.23. The third-order valence-corrected chi connectivity index (χ3v) is 3.65. The molecule has 0 fully saturated rings. The van der Waals surface area contributed by atoms with E-state index < -0.39 is 0 Å². The van der Waals surface area contributed by atoms with E-state index in [1.54, 1.807) is 7.11 Å². The van der Waals surface area contributed by atoms with Crippen LogP contribution >= 0.6 is 0 Å². The maximum atomic E-state index is 5.80. The maximum absolute atomic E-state index is 5.80. The Morgan fingerprint density at radius 1 is 1.44 bits per heavy atom. The molecule has 1 aliphatic carbocycles. The first kappa shape index (κ1) is 11.1. The average Bonchev–Trinajstić information content (AvgIpc) is 2.80. The van der Waals surface area contributed by atoms with Crippen LogP contribution in [0.2, 0.25) is 0 Å². The van der Waals surface area contributed by atoms with Crippen molar-refractivity contribution in [3.05, 3.63) is 41.1 Å². The maximum Gasteiger partial charge on any atom is 0.225 e. The summed E-state index contributed by atoms with van der Waals surface area (Å²) < 4.78 is 10.3. The third kappa shape index (κ3) is 1.83. The zero-order chi connectivity index (χ0) is 12.5. The van der Waals surface area contributed by atoms with E-state index in [2.05, 4.69) is 17.3 Å². The number of benzene rings is 1. The first-order valence-electron chi connectivity index (χ1n) is 6.14. The second-order valence-electron chi connectivity index (χ2n) is 4.69. The Balaban J connectivity index is 1.88. The van der Waals surface area contributed by atoms with Crippen LogP contribution in [0.5, 0.6) is 5.75 Å². The molecule has 1 aromatic heterocycles. The second-order valence-corrected chi connectivity index (χ2v) is 4.69. The van der Waals surface area contributed by atoms with Crippen LogP contribution in [-0.2, 0) is 12.8 Å². The lowest BCUT2D eigenvalue weighted by Gasteiger charge is -2.21. The molecule has 3 rings (SSSR count). The fourth-order valence-electron chi connectivity index (χ4n) is 2.61. The Kier molecular flexibility index (Phi) is 2.70. The molecule has 1 aromatic carbocycles. The summed E-state index contributed by atoms with van der Waals surface area (Å²) in [6.45, 7) is 0. The number of ether oxygens (including phenoxy) is 1. The molecule has 18 heavy (non-hydrogen) atoms. The van der Waals surface area contributed by atoms with Gasteiger partial charge in [0, 0.05) is 5.56 Å². The summed E-state index contributed by atoms with van der Waals surface area (Å²) in [6.07, 6.45) is 2.90. The van der Waals surface area contributed by atoms with Crippen molar-refractivity contribution in [1.82, 2.24) is 5.16 Å². The number of nitrogens with zero attached hydrogens (tertiary/aromatic N) is 1. The van der Waals surface area contributed by atoms with E-state index in [9.17, 15) is 0 Å². The Morgan fingerprint density at radius 3 is 3.17 bits per heavy atom. The quantitative estimate of drug-likeness (QED) is 0.881. The molecule has 2 N–H and O–H groups in total. The second kappa shape index (κ2) is 4.37. The average molecular weight is 244 g/mol. The molecular weight excluding hydrogens is 228 g/mol. The Labute approximate surface area is 106 Å². The van der Waals surface area contributed by atoms with Crippen molar-refractivity contribution in [1.29, 1.82) is 0 Å². The summed E-state index contributed by atoms with van der Waals surface area (Å²) in [5, 5.41) is 3.99. The van der Waals surface area contributed by atoms with Crippen molar-refractivity contribution in [3.8, 4) is 5.75 Å². The molecule has 94 valence electrons. The molecule has 0 radical (unpaired) electrons. The molecule has 1 unspecified atom stereocenters. The van der Waals surface area contributed by atoms with Gasteiger partial charge in [-0.15, -0.1) is 0 Å². The van der Waals surface area contributed by atoms with E-state index in [1.807, 2.05) is 12.1 Å². The van der Waals surface area contributed by atoms with Gasteiger partial charge in [0.15, 0.2) is 0 Å². The third-order valence-electron chi connectivity index (χ3n) is 3.65. The highest BCUT2D eigenvalue weighted by Crippen LogP contribution is 2.35. The highest BCUT2D eigenvalue weighted by molar-refractivity contribution is 5.43. The molecule has 1 aliphatic rings. The number of methoxy groups -OCH3 is 1. The van der Waals surface area contributed by atoms with E-state index >= 15 is 0 Å². The van der Waals surface area contributed by atoms with Crippen LogP contribution in [0, 0.1) is 0 Å². The minimum atomic E-state index is 0.467. The molecule has 0 spiro atoms. The molecule has 0 aliphatic heterocycles. The normalized spacial score (nSPS) is 18.4. The number of rotatable bonds is 2. The predicted molar refractivity (Wildman–Crippen MR) is 68.7 cm³/mol. The largest absolute Gasteiger partial charge is 0.497 e. The summed E-state index contributed by atoms with van der Waals surface area (Å²) in [7, 11) is 1.69. The van der Waals surface area contributed by atoms with Gasteiger partial charge in [0.2, 0.25) is 5.88 Å². The molecule has 0 bridgehead atoms. The van der Waals surface area contributed by atoms with Gasteiger partial charge in [0.05, 0.1) is 12.8 Å². The Bertz CT molecular complexity index is 563. The molecule has 0 saturated heterocycles. The van der Waals surface area contributed by atoms with Gasteiger partial charge in [-0.3, -0.25) is 0 Å². The van der Waals surface area contributed by atoms with Crippen molar-refractivity contribution in [2.45, 2.75) is 25.2 Å². The van der Waals surface area contributed by atoms with Crippen molar-refractivity contribution >= 4 is 5.88 Å². The standard InChI is InChI=1S/C14H16N2O2/c1-17-11-4-2-3-9(7-11)10-5-6-13-12(8-10)14(15)18-16-13/h2-4,7,10H,5-6,8,15H2,1H3. The fraction of sp³-hybridized carbons (Fsp3) is 0.357. The molecule has 2 aromatic rings. The first-order chi connectivity index (χ1) is 8.78. The number of nitrogens with two attached hydrogens (primary N) is 1. The van der Waals surface area contributed by atoms with Crippen LogP contribution in [0.4, 0.5) is 5.88 Å². The minimum absolute atomic E-state index is 0.467. The molecule has 4 heteroatoms. The van der Waals surface area contributed by atoms with Gasteiger partial charge in [-0.25, -0.2) is 0 Å². The summed E-state index contributed by atoms with van der Waals surface area (Å²) >= 11 is 0. The van der Waals surface area contributed by atoms with Gasteiger partial charge < -0.3 is 15.0 Å². The van der Waals surface area contributed by atoms with Crippen LogP contribution < -0.4 is 10.5 Å². The number of anilines is 1. The van der Waals surface area contributed by atoms with Gasteiger partial charge in [-0.1, -0.05) is 17.3 Å². The number of nitrogen functional groups attached to an aromatic ring is 1. The topological polar surface area (TPSA) is 61.3 Å². The zero-order valence-corrected chi connectivity index (χ0v) is 10.3. The monoisotopic (exact) mass is 244 g/mol. The number of hydrogen-bond acceptors (Lipinski definition) is 4. The molecule has 0 saturated carbocycles. The zero-order valence-electron chi connectivity index (χ0n) is 10.3. The van der Waals surface area contributed by atoms with Crippen LogP contribution in [-0.4, -0.2) is 12.3 Å². The number of hydrogen-bond donors (Lipinski definition) is 1. The molecule has 1 atom stereocenters. The molecule has 0 amide bonds. The van der Waals surface area contributed by atoms with Gasteiger partial charge in [0.25, 0.3) is 0 Å². The highest BCUT2D eigenvalue weighted by Gasteiger charge is 2.25. The molecular formula is C14H16N2O2. The highest BCUT2D eigenvalue weighted by atomic mass is 16.5. The van der Waals surface area contributed by atoms with Gasteiger partial charge >= 0.3 is 0 Å². The minimum Gasteiger partial charge on any atom is -0.497 e. The number of aromatic nitrogens is 1. The van der Waals surface area contributed by atoms with E-state index in [-0.39, 0.29) is 0 Å². The smallest absolute Gasteiger partial charge is 0.225 e. The van der Waals surface area contributed by atoms with Crippen LogP contribution in [0.3, 0.4) is 0 Å². The Morgan fingerprint density at radius 2 is 2.33 bits per heavy atom. The summed E-state index contributed by atoms with van der Waals surface area (Å²) in [5.74, 6) is 1.84. The lowest BCUT2D eigenvalue weighted by Crippen LogP contribution is -2.13. The van der Waals surface area contributed by atoms with E-state index in [4.69, 9.17) is 15.0 Å². The van der Waals surface area contributed by atoms with E-state index in [0.29, 0.717) is 11.8 Å². The van der Waals surface area contributed by atoms with Crippen molar-refractivity contribution in [3.63, 3.8) is 0 Å².